The van der Waals surface area contributed by atoms with Crippen molar-refractivity contribution in [1.29, 1.82) is 0 Å². The lowest BCUT2D eigenvalue weighted by Crippen LogP contribution is -2.47. The first kappa shape index (κ1) is 17.1. The molecule has 23 heavy (non-hydrogen) atoms. The van der Waals surface area contributed by atoms with Crippen LogP contribution in [0.4, 0.5) is 4.79 Å². The van der Waals surface area contributed by atoms with Gasteiger partial charge in [0.2, 0.25) is 0 Å². The number of hydrogen-bond donors (Lipinski definition) is 3. The third kappa shape index (κ3) is 6.14. The fourth-order valence-electron chi connectivity index (χ4n) is 2.73. The number of aliphatic carboxylic acids is 1. The highest BCUT2D eigenvalue weighted by Gasteiger charge is 2.20. The van der Waals surface area contributed by atoms with E-state index in [0.29, 0.717) is 6.54 Å². The Balaban J connectivity index is 1.76. The van der Waals surface area contributed by atoms with Crippen LogP contribution in [-0.4, -0.2) is 29.7 Å². The molecule has 1 aliphatic carbocycles. The van der Waals surface area contributed by atoms with E-state index in [0.717, 1.165) is 24.8 Å². The van der Waals surface area contributed by atoms with Gasteiger partial charge in [0.25, 0.3) is 0 Å². The van der Waals surface area contributed by atoms with Gasteiger partial charge in [-0.3, -0.25) is 0 Å². The molecule has 0 saturated carbocycles. The Kier molecular flexibility index (Phi) is 6.66. The van der Waals surface area contributed by atoms with Gasteiger partial charge in [-0.1, -0.05) is 42.0 Å². The SMILES string of the molecule is O=C(NCCC1=CCCCC1)N[C@@H](Cc1ccccc1)C(=O)O. The molecule has 0 heterocycles. The highest BCUT2D eigenvalue weighted by atomic mass is 16.4. The molecular formula is C18H24N2O3. The van der Waals surface area contributed by atoms with E-state index in [-0.39, 0.29) is 6.42 Å². The quantitative estimate of drug-likeness (QED) is 0.677. The minimum Gasteiger partial charge on any atom is -0.480 e. The smallest absolute Gasteiger partial charge is 0.326 e. The zero-order valence-corrected chi connectivity index (χ0v) is 13.3. The summed E-state index contributed by atoms with van der Waals surface area (Å²) in [5, 5.41) is 14.5. The minimum atomic E-state index is -1.03. The van der Waals surface area contributed by atoms with E-state index in [1.165, 1.54) is 18.4 Å². The highest BCUT2D eigenvalue weighted by molar-refractivity contribution is 5.82. The summed E-state index contributed by atoms with van der Waals surface area (Å²) in [6.45, 7) is 0.537. The molecule has 1 aliphatic rings. The topological polar surface area (TPSA) is 78.4 Å². The van der Waals surface area contributed by atoms with Crippen LogP contribution in [0.15, 0.2) is 42.0 Å². The number of carboxylic acids is 1. The zero-order valence-electron chi connectivity index (χ0n) is 13.3. The third-order valence-corrected chi connectivity index (χ3v) is 4.00. The van der Waals surface area contributed by atoms with E-state index < -0.39 is 18.0 Å². The summed E-state index contributed by atoms with van der Waals surface area (Å²) >= 11 is 0. The van der Waals surface area contributed by atoms with Crippen molar-refractivity contribution in [3.05, 3.63) is 47.5 Å². The molecular weight excluding hydrogens is 292 g/mol. The van der Waals surface area contributed by atoms with Crippen LogP contribution in [0.5, 0.6) is 0 Å². The maximum atomic E-state index is 11.9. The zero-order chi connectivity index (χ0) is 16.5. The molecule has 0 unspecified atom stereocenters. The van der Waals surface area contributed by atoms with Gasteiger partial charge >= 0.3 is 12.0 Å². The number of carboxylic acid groups (broad SMARTS) is 1. The van der Waals surface area contributed by atoms with E-state index in [4.69, 9.17) is 0 Å². The molecule has 2 rings (SSSR count). The van der Waals surface area contributed by atoms with E-state index in [2.05, 4.69) is 16.7 Å². The van der Waals surface area contributed by atoms with Crippen LogP contribution in [0.1, 0.15) is 37.7 Å². The number of hydrogen-bond acceptors (Lipinski definition) is 2. The van der Waals surface area contributed by atoms with Crippen LogP contribution in [0.2, 0.25) is 0 Å². The van der Waals surface area contributed by atoms with Crippen LogP contribution in [-0.2, 0) is 11.2 Å². The lowest BCUT2D eigenvalue weighted by atomic mass is 9.97. The third-order valence-electron chi connectivity index (χ3n) is 4.00. The van der Waals surface area contributed by atoms with E-state index in [1.807, 2.05) is 30.3 Å². The van der Waals surface area contributed by atoms with Crippen molar-refractivity contribution in [3.8, 4) is 0 Å². The first-order chi connectivity index (χ1) is 11.1. The van der Waals surface area contributed by atoms with E-state index in [9.17, 15) is 14.7 Å². The molecule has 0 saturated heterocycles. The standard InChI is InChI=1S/C18H24N2O3/c21-17(22)16(13-15-9-5-2-6-10-15)20-18(23)19-12-11-14-7-3-1-4-8-14/h2,5-7,9-10,16H,1,3-4,8,11-13H2,(H,21,22)(H2,19,20,23)/t16-/m0/s1. The average molecular weight is 316 g/mol. The first-order valence-electron chi connectivity index (χ1n) is 8.14. The largest absolute Gasteiger partial charge is 0.480 e. The summed E-state index contributed by atoms with van der Waals surface area (Å²) in [5.74, 6) is -1.03. The molecule has 5 nitrogen and oxygen atoms in total. The van der Waals surface area contributed by atoms with Crippen LogP contribution >= 0.6 is 0 Å². The summed E-state index contributed by atoms with van der Waals surface area (Å²) < 4.78 is 0. The summed E-state index contributed by atoms with van der Waals surface area (Å²) in [7, 11) is 0. The Labute approximate surface area is 136 Å². The van der Waals surface area contributed by atoms with Crippen LogP contribution < -0.4 is 10.6 Å². The molecule has 0 radical (unpaired) electrons. The van der Waals surface area contributed by atoms with Gasteiger partial charge < -0.3 is 15.7 Å². The van der Waals surface area contributed by atoms with E-state index in [1.54, 1.807) is 0 Å². The van der Waals surface area contributed by atoms with Crippen molar-refractivity contribution in [2.45, 2.75) is 44.6 Å². The molecule has 1 aromatic carbocycles. The maximum absolute atomic E-state index is 11.9. The number of carbonyl (C=O) groups is 2. The fourth-order valence-corrected chi connectivity index (χ4v) is 2.73. The highest BCUT2D eigenvalue weighted by Crippen LogP contribution is 2.19. The fraction of sp³-hybridized carbons (Fsp3) is 0.444. The molecule has 5 heteroatoms. The normalized spacial score (nSPS) is 15.4. The molecule has 0 aliphatic heterocycles. The van der Waals surface area contributed by atoms with Crippen molar-refractivity contribution < 1.29 is 14.7 Å². The number of rotatable bonds is 7. The van der Waals surface area contributed by atoms with Gasteiger partial charge in [0, 0.05) is 13.0 Å². The lowest BCUT2D eigenvalue weighted by Gasteiger charge is -2.16. The minimum absolute atomic E-state index is 0.273. The molecule has 3 N–H and O–H groups in total. The number of urea groups is 1. The molecule has 1 aromatic rings. The van der Waals surface area contributed by atoms with Crippen LogP contribution in [0, 0.1) is 0 Å². The number of amides is 2. The number of allylic oxidation sites excluding steroid dienone is 1. The van der Waals surface area contributed by atoms with E-state index >= 15 is 0 Å². The second-order valence-corrected chi connectivity index (χ2v) is 5.84. The number of nitrogens with one attached hydrogen (secondary N) is 2. The predicted octanol–water partition coefficient (Wildman–Crippen LogP) is 2.87. The molecule has 1 atom stereocenters. The Morgan fingerprint density at radius 1 is 1.17 bits per heavy atom. The van der Waals surface area contributed by atoms with Crippen molar-refractivity contribution >= 4 is 12.0 Å². The van der Waals surface area contributed by atoms with Crippen molar-refractivity contribution in [2.24, 2.45) is 0 Å². The van der Waals surface area contributed by atoms with Crippen LogP contribution in [0.3, 0.4) is 0 Å². The van der Waals surface area contributed by atoms with Crippen molar-refractivity contribution in [2.75, 3.05) is 6.54 Å². The van der Waals surface area contributed by atoms with Crippen molar-refractivity contribution in [3.63, 3.8) is 0 Å². The van der Waals surface area contributed by atoms with Gasteiger partial charge in [-0.15, -0.1) is 0 Å². The van der Waals surface area contributed by atoms with Gasteiger partial charge in [0.1, 0.15) is 6.04 Å². The van der Waals surface area contributed by atoms with Gasteiger partial charge in [-0.25, -0.2) is 9.59 Å². The first-order valence-corrected chi connectivity index (χ1v) is 8.14. The summed E-state index contributed by atoms with van der Waals surface area (Å²) in [5.41, 5.74) is 2.27. The lowest BCUT2D eigenvalue weighted by molar-refractivity contribution is -0.139. The molecule has 0 aromatic heterocycles. The summed E-state index contributed by atoms with van der Waals surface area (Å²) in [6, 6.07) is 7.93. The average Bonchev–Trinajstić information content (AvgIpc) is 2.56. The molecule has 0 spiro atoms. The van der Waals surface area contributed by atoms with Gasteiger partial charge in [-0.2, -0.15) is 0 Å². The van der Waals surface area contributed by atoms with Crippen molar-refractivity contribution in [1.82, 2.24) is 10.6 Å². The predicted molar refractivity (Wildman–Crippen MR) is 89.3 cm³/mol. The van der Waals surface area contributed by atoms with Gasteiger partial charge in [0.05, 0.1) is 0 Å². The Morgan fingerprint density at radius 2 is 1.96 bits per heavy atom. The Morgan fingerprint density at radius 3 is 2.61 bits per heavy atom. The van der Waals surface area contributed by atoms with Crippen LogP contribution in [0.25, 0.3) is 0 Å². The number of carbonyl (C=O) groups excluding carboxylic acids is 1. The Hall–Kier alpha value is -2.30. The molecule has 124 valence electrons. The summed E-state index contributed by atoms with van der Waals surface area (Å²) in [4.78, 5) is 23.2. The molecule has 2 amide bonds. The maximum Gasteiger partial charge on any atom is 0.326 e. The van der Waals surface area contributed by atoms with Gasteiger partial charge in [-0.05, 0) is 37.7 Å². The monoisotopic (exact) mass is 316 g/mol. The molecule has 0 bridgehead atoms. The second-order valence-electron chi connectivity index (χ2n) is 5.84. The number of benzene rings is 1. The Bertz CT molecular complexity index is 555. The summed E-state index contributed by atoms with van der Waals surface area (Å²) in [6.07, 6.45) is 8.05. The second kappa shape index (κ2) is 8.98. The molecule has 0 fully saturated rings. The van der Waals surface area contributed by atoms with Gasteiger partial charge in [0.15, 0.2) is 0 Å².